The van der Waals surface area contributed by atoms with E-state index in [1.54, 1.807) is 6.92 Å². The van der Waals surface area contributed by atoms with Crippen molar-refractivity contribution in [2.45, 2.75) is 45.1 Å². The predicted octanol–water partition coefficient (Wildman–Crippen LogP) is 4.05. The molecule has 0 radical (unpaired) electrons. The van der Waals surface area contributed by atoms with Gasteiger partial charge in [0, 0.05) is 22.9 Å². The van der Waals surface area contributed by atoms with Gasteiger partial charge in [0.25, 0.3) is 5.91 Å². The quantitative estimate of drug-likeness (QED) is 0.925. The highest BCUT2D eigenvalue weighted by Gasteiger charge is 2.41. The summed E-state index contributed by atoms with van der Waals surface area (Å²) in [5, 5.41) is 7.75. The number of nitrogens with zero attached hydrogens (tertiary/aromatic N) is 1. The van der Waals surface area contributed by atoms with E-state index in [2.05, 4.69) is 10.5 Å². The van der Waals surface area contributed by atoms with Gasteiger partial charge in [-0.15, -0.1) is 0 Å². The summed E-state index contributed by atoms with van der Waals surface area (Å²) in [6.45, 7) is 5.77. The molecule has 1 amide bonds. The van der Waals surface area contributed by atoms with Crippen LogP contribution in [-0.2, 0) is 0 Å². The third kappa shape index (κ3) is 2.75. The number of carbonyl (C=O) groups is 1. The number of rotatable bonds is 4. The molecule has 5 heteroatoms. The summed E-state index contributed by atoms with van der Waals surface area (Å²) in [5.41, 5.74) is 2.30. The van der Waals surface area contributed by atoms with Crippen molar-refractivity contribution in [2.75, 3.05) is 0 Å². The van der Waals surface area contributed by atoms with Gasteiger partial charge >= 0.3 is 0 Å². The van der Waals surface area contributed by atoms with Crippen molar-refractivity contribution in [3.05, 3.63) is 51.9 Å². The zero-order valence-corrected chi connectivity index (χ0v) is 13.6. The third-order valence-electron chi connectivity index (χ3n) is 4.05. The summed E-state index contributed by atoms with van der Waals surface area (Å²) in [7, 11) is 0. The molecule has 1 fully saturated rings. The molecule has 1 aliphatic carbocycles. The molecule has 0 bridgehead atoms. The van der Waals surface area contributed by atoms with E-state index in [0.717, 1.165) is 17.0 Å². The van der Waals surface area contributed by atoms with Gasteiger partial charge in [0.2, 0.25) is 0 Å². The molecular formula is C17H19ClN2O2. The second-order valence-corrected chi connectivity index (χ2v) is 6.51. The maximum Gasteiger partial charge on any atom is 0.257 e. The maximum absolute atomic E-state index is 12.5. The lowest BCUT2D eigenvalue weighted by Gasteiger charge is -2.07. The lowest BCUT2D eigenvalue weighted by Crippen LogP contribution is -2.27. The monoisotopic (exact) mass is 318 g/mol. The Hall–Kier alpha value is -1.81. The molecule has 2 atom stereocenters. The molecule has 0 saturated heterocycles. The van der Waals surface area contributed by atoms with Crippen LogP contribution < -0.4 is 5.32 Å². The van der Waals surface area contributed by atoms with Crippen molar-refractivity contribution in [1.29, 1.82) is 0 Å². The van der Waals surface area contributed by atoms with Crippen LogP contribution >= 0.6 is 11.6 Å². The first-order chi connectivity index (χ1) is 10.5. The minimum absolute atomic E-state index is 0.109. The van der Waals surface area contributed by atoms with Crippen LogP contribution in [0.4, 0.5) is 0 Å². The van der Waals surface area contributed by atoms with E-state index in [1.165, 1.54) is 0 Å². The van der Waals surface area contributed by atoms with Crippen molar-refractivity contribution in [3.8, 4) is 0 Å². The van der Waals surface area contributed by atoms with Gasteiger partial charge in [0.15, 0.2) is 5.76 Å². The smallest absolute Gasteiger partial charge is 0.257 e. The Labute approximate surface area is 134 Å². The van der Waals surface area contributed by atoms with Crippen molar-refractivity contribution >= 4 is 17.5 Å². The highest BCUT2D eigenvalue weighted by Crippen LogP contribution is 2.43. The van der Waals surface area contributed by atoms with Gasteiger partial charge in [-0.25, -0.2) is 0 Å². The van der Waals surface area contributed by atoms with Crippen LogP contribution in [0, 0.1) is 6.92 Å². The van der Waals surface area contributed by atoms with E-state index in [0.29, 0.717) is 22.9 Å². The molecule has 1 aliphatic rings. The van der Waals surface area contributed by atoms with E-state index in [-0.39, 0.29) is 17.9 Å². The summed E-state index contributed by atoms with van der Waals surface area (Å²) in [6.07, 6.45) is 0.914. The van der Waals surface area contributed by atoms with E-state index in [9.17, 15) is 4.79 Å². The Balaban J connectivity index is 1.72. The van der Waals surface area contributed by atoms with Gasteiger partial charge in [-0.1, -0.05) is 48.8 Å². The van der Waals surface area contributed by atoms with Crippen molar-refractivity contribution in [2.24, 2.45) is 0 Å². The molecule has 1 aromatic heterocycles. The molecular weight excluding hydrogens is 300 g/mol. The first kappa shape index (κ1) is 15.1. The van der Waals surface area contributed by atoms with Crippen LogP contribution in [0.3, 0.4) is 0 Å². The summed E-state index contributed by atoms with van der Waals surface area (Å²) < 4.78 is 5.28. The van der Waals surface area contributed by atoms with Crippen molar-refractivity contribution in [1.82, 2.24) is 10.5 Å². The number of aryl methyl sites for hydroxylation is 1. The van der Waals surface area contributed by atoms with E-state index in [4.69, 9.17) is 16.1 Å². The zero-order chi connectivity index (χ0) is 15.9. The highest BCUT2D eigenvalue weighted by atomic mass is 35.5. The Kier molecular flexibility index (Phi) is 3.96. The molecule has 1 saturated carbocycles. The fourth-order valence-corrected chi connectivity index (χ4v) is 3.05. The lowest BCUT2D eigenvalue weighted by molar-refractivity contribution is 0.0947. The molecule has 4 nitrogen and oxygen atoms in total. The van der Waals surface area contributed by atoms with Crippen molar-refractivity contribution < 1.29 is 9.32 Å². The summed E-state index contributed by atoms with van der Waals surface area (Å²) in [4.78, 5) is 12.5. The number of aromatic nitrogens is 1. The number of amides is 1. The number of hydrogen-bond acceptors (Lipinski definition) is 3. The van der Waals surface area contributed by atoms with Gasteiger partial charge in [0.05, 0.1) is 5.69 Å². The molecule has 1 N–H and O–H groups in total. The fourth-order valence-electron chi connectivity index (χ4n) is 2.77. The average molecular weight is 319 g/mol. The van der Waals surface area contributed by atoms with E-state index in [1.807, 2.05) is 38.1 Å². The highest BCUT2D eigenvalue weighted by molar-refractivity contribution is 6.31. The number of benzene rings is 1. The van der Waals surface area contributed by atoms with Gasteiger partial charge in [-0.05, 0) is 25.0 Å². The minimum Gasteiger partial charge on any atom is -0.360 e. The van der Waals surface area contributed by atoms with Gasteiger partial charge in [-0.2, -0.15) is 0 Å². The van der Waals surface area contributed by atoms with Crippen LogP contribution in [0.5, 0.6) is 0 Å². The standard InChI is InChI=1S/C17H19ClN2O2/c1-9(2)16-15(10(3)20-22-16)17(21)19-14-8-12(14)11-6-4-5-7-13(11)18/h4-7,9,12,14H,8H2,1-3H3,(H,19,21)/t12-,14+/m0/s1. The van der Waals surface area contributed by atoms with Crippen LogP contribution in [0.2, 0.25) is 5.02 Å². The number of halogens is 1. The molecule has 3 rings (SSSR count). The number of hydrogen-bond donors (Lipinski definition) is 1. The SMILES string of the molecule is Cc1noc(C(C)C)c1C(=O)N[C@@H]1C[C@H]1c1ccccc1Cl. The lowest BCUT2D eigenvalue weighted by atomic mass is 10.0. The number of carbonyl (C=O) groups excluding carboxylic acids is 1. The molecule has 1 heterocycles. The first-order valence-corrected chi connectivity index (χ1v) is 7.88. The summed E-state index contributed by atoms with van der Waals surface area (Å²) in [6, 6.07) is 7.91. The van der Waals surface area contributed by atoms with E-state index < -0.39 is 0 Å². The minimum atomic E-state index is -0.109. The Bertz CT molecular complexity index is 708. The van der Waals surface area contributed by atoms with Gasteiger partial charge in [-0.3, -0.25) is 4.79 Å². The van der Waals surface area contributed by atoms with Crippen molar-refractivity contribution in [3.63, 3.8) is 0 Å². The van der Waals surface area contributed by atoms with Crippen LogP contribution in [-0.4, -0.2) is 17.1 Å². The average Bonchev–Trinajstić information content (AvgIpc) is 3.10. The normalized spacial score (nSPS) is 20.2. The van der Waals surface area contributed by atoms with Crippen LogP contribution in [0.15, 0.2) is 28.8 Å². The topological polar surface area (TPSA) is 55.1 Å². The summed E-state index contributed by atoms with van der Waals surface area (Å²) >= 11 is 6.21. The molecule has 1 aromatic carbocycles. The molecule has 0 aliphatic heterocycles. The molecule has 116 valence electrons. The maximum atomic E-state index is 12.5. The predicted molar refractivity (Wildman–Crippen MR) is 85.4 cm³/mol. The molecule has 2 aromatic rings. The Morgan fingerprint density at radius 1 is 1.41 bits per heavy atom. The molecule has 0 unspecified atom stereocenters. The van der Waals surface area contributed by atoms with Gasteiger partial charge in [0.1, 0.15) is 5.56 Å². The van der Waals surface area contributed by atoms with Gasteiger partial charge < -0.3 is 9.84 Å². The largest absolute Gasteiger partial charge is 0.360 e. The van der Waals surface area contributed by atoms with Crippen LogP contribution in [0.25, 0.3) is 0 Å². The Morgan fingerprint density at radius 2 is 2.14 bits per heavy atom. The molecule has 0 spiro atoms. The second-order valence-electron chi connectivity index (χ2n) is 6.11. The van der Waals surface area contributed by atoms with Crippen LogP contribution in [0.1, 0.15) is 59.5 Å². The fraction of sp³-hybridized carbons (Fsp3) is 0.412. The van der Waals surface area contributed by atoms with E-state index >= 15 is 0 Å². The molecule has 22 heavy (non-hydrogen) atoms. The first-order valence-electron chi connectivity index (χ1n) is 7.50. The zero-order valence-electron chi connectivity index (χ0n) is 12.9. The second kappa shape index (κ2) is 5.76. The Morgan fingerprint density at radius 3 is 2.82 bits per heavy atom. The summed E-state index contributed by atoms with van der Waals surface area (Å²) in [5.74, 6) is 0.952. The number of nitrogens with one attached hydrogen (secondary N) is 1. The third-order valence-corrected chi connectivity index (χ3v) is 4.40.